The first kappa shape index (κ1) is 14.8. The molecule has 0 aliphatic heterocycles. The molecule has 3 saturated carbocycles. The molecular weight excluding hydrogens is 268 g/mol. The Morgan fingerprint density at radius 3 is 2.29 bits per heavy atom. The van der Waals surface area contributed by atoms with E-state index in [1.165, 1.54) is 6.42 Å². The quantitative estimate of drug-likeness (QED) is 0.730. The molecule has 3 aliphatic carbocycles. The molecule has 21 heavy (non-hydrogen) atoms. The van der Waals surface area contributed by atoms with Crippen LogP contribution in [0.5, 0.6) is 0 Å². The van der Waals surface area contributed by atoms with Crippen LogP contribution < -0.4 is 11.1 Å². The minimum Gasteiger partial charge on any atom is -0.481 e. The molecule has 0 aromatic rings. The molecule has 0 spiro atoms. The maximum atomic E-state index is 12.4. The average Bonchev–Trinajstić information content (AvgIpc) is 3.06. The summed E-state index contributed by atoms with van der Waals surface area (Å²) in [6.45, 7) is 0.686. The van der Waals surface area contributed by atoms with Gasteiger partial charge in [0.15, 0.2) is 0 Å². The number of fused-ring (bicyclic) bond motifs is 2. The summed E-state index contributed by atoms with van der Waals surface area (Å²) in [5.41, 5.74) is 6.20. The molecule has 0 heterocycles. The van der Waals surface area contributed by atoms with Crippen LogP contribution in [0.25, 0.3) is 0 Å². The molecule has 4 unspecified atom stereocenters. The monoisotopic (exact) mass is 294 g/mol. The molecule has 118 valence electrons. The van der Waals surface area contributed by atoms with Crippen molar-refractivity contribution in [2.45, 2.75) is 51.0 Å². The van der Waals surface area contributed by atoms with Gasteiger partial charge in [0.1, 0.15) is 0 Å². The molecule has 4 N–H and O–H groups in total. The molecule has 4 atom stereocenters. The third-order valence-electron chi connectivity index (χ3n) is 6.04. The largest absolute Gasteiger partial charge is 0.481 e. The second kappa shape index (κ2) is 5.95. The van der Waals surface area contributed by atoms with E-state index in [0.717, 1.165) is 38.5 Å². The first-order valence-electron chi connectivity index (χ1n) is 8.32. The molecular formula is C16H26N2O3. The molecule has 1 amide bonds. The predicted octanol–water partition coefficient (Wildman–Crippen LogP) is 1.37. The summed E-state index contributed by atoms with van der Waals surface area (Å²) in [5.74, 6) is 0.763. The van der Waals surface area contributed by atoms with Gasteiger partial charge in [-0.15, -0.1) is 0 Å². The molecule has 2 bridgehead atoms. The number of nitrogens with one attached hydrogen (secondary N) is 1. The number of hydrogen-bond acceptors (Lipinski definition) is 3. The normalized spacial score (nSPS) is 42.0. The second-order valence-corrected chi connectivity index (χ2v) is 7.24. The van der Waals surface area contributed by atoms with Gasteiger partial charge in [0, 0.05) is 12.6 Å². The molecule has 3 aliphatic rings. The minimum absolute atomic E-state index is 0.0131. The van der Waals surface area contributed by atoms with E-state index in [2.05, 4.69) is 5.32 Å². The molecule has 3 fully saturated rings. The lowest BCUT2D eigenvalue weighted by molar-refractivity contribution is -0.143. The van der Waals surface area contributed by atoms with Crippen LogP contribution in [-0.2, 0) is 9.59 Å². The van der Waals surface area contributed by atoms with Gasteiger partial charge in [-0.1, -0.05) is 0 Å². The van der Waals surface area contributed by atoms with Crippen LogP contribution in [0, 0.1) is 29.6 Å². The Kier molecular flexibility index (Phi) is 4.20. The zero-order valence-electron chi connectivity index (χ0n) is 12.5. The van der Waals surface area contributed by atoms with Crippen LogP contribution in [0.3, 0.4) is 0 Å². The van der Waals surface area contributed by atoms with E-state index < -0.39 is 5.97 Å². The Bertz CT molecular complexity index is 416. The molecule has 0 radical (unpaired) electrons. The summed E-state index contributed by atoms with van der Waals surface area (Å²) in [6, 6.07) is 0.0477. The number of aliphatic carboxylic acids is 1. The molecule has 0 aromatic carbocycles. The van der Waals surface area contributed by atoms with Crippen LogP contribution in [-0.4, -0.2) is 29.6 Å². The SMILES string of the molecule is NC1C2CCC(C2)C1C(=O)NCC1CCC(C(=O)O)CC1. The van der Waals surface area contributed by atoms with Crippen molar-refractivity contribution in [3.63, 3.8) is 0 Å². The first-order valence-corrected chi connectivity index (χ1v) is 8.32. The molecule has 0 saturated heterocycles. The van der Waals surface area contributed by atoms with Crippen LogP contribution in [0.2, 0.25) is 0 Å². The maximum Gasteiger partial charge on any atom is 0.306 e. The van der Waals surface area contributed by atoms with Crippen LogP contribution in [0.15, 0.2) is 0 Å². The number of amides is 1. The fraction of sp³-hybridized carbons (Fsp3) is 0.875. The molecule has 5 nitrogen and oxygen atoms in total. The Hall–Kier alpha value is -1.10. The van der Waals surface area contributed by atoms with Gasteiger partial charge in [-0.05, 0) is 62.7 Å². The molecule has 5 heteroatoms. The fourth-order valence-corrected chi connectivity index (χ4v) is 4.70. The first-order chi connectivity index (χ1) is 10.1. The second-order valence-electron chi connectivity index (χ2n) is 7.24. The fourth-order valence-electron chi connectivity index (χ4n) is 4.70. The van der Waals surface area contributed by atoms with Crippen molar-refractivity contribution in [3.05, 3.63) is 0 Å². The van der Waals surface area contributed by atoms with Gasteiger partial charge in [0.2, 0.25) is 5.91 Å². The highest BCUT2D eigenvalue weighted by molar-refractivity contribution is 5.80. The number of rotatable bonds is 4. The van der Waals surface area contributed by atoms with E-state index in [0.29, 0.717) is 24.3 Å². The van der Waals surface area contributed by atoms with E-state index >= 15 is 0 Å². The number of hydrogen-bond donors (Lipinski definition) is 3. The van der Waals surface area contributed by atoms with E-state index in [4.69, 9.17) is 10.8 Å². The number of nitrogens with two attached hydrogens (primary N) is 1. The average molecular weight is 294 g/mol. The van der Waals surface area contributed by atoms with Crippen LogP contribution in [0.1, 0.15) is 44.9 Å². The van der Waals surface area contributed by atoms with Crippen molar-refractivity contribution in [2.75, 3.05) is 6.54 Å². The van der Waals surface area contributed by atoms with Crippen molar-refractivity contribution in [3.8, 4) is 0 Å². The minimum atomic E-state index is -0.676. The maximum absolute atomic E-state index is 12.4. The van der Waals surface area contributed by atoms with Crippen LogP contribution >= 0.6 is 0 Å². The van der Waals surface area contributed by atoms with Gasteiger partial charge < -0.3 is 16.2 Å². The van der Waals surface area contributed by atoms with E-state index in [-0.39, 0.29) is 23.8 Å². The van der Waals surface area contributed by atoms with Gasteiger partial charge in [-0.25, -0.2) is 0 Å². The van der Waals surface area contributed by atoms with E-state index in [1.807, 2.05) is 0 Å². The molecule has 3 rings (SSSR count). The van der Waals surface area contributed by atoms with Gasteiger partial charge in [-0.3, -0.25) is 9.59 Å². The summed E-state index contributed by atoms with van der Waals surface area (Å²) >= 11 is 0. The highest BCUT2D eigenvalue weighted by Crippen LogP contribution is 2.47. The van der Waals surface area contributed by atoms with E-state index in [9.17, 15) is 9.59 Å². The van der Waals surface area contributed by atoms with Crippen molar-refractivity contribution in [2.24, 2.45) is 35.3 Å². The summed E-state index contributed by atoms with van der Waals surface area (Å²) < 4.78 is 0. The van der Waals surface area contributed by atoms with Crippen molar-refractivity contribution >= 4 is 11.9 Å². The Balaban J connectivity index is 1.44. The van der Waals surface area contributed by atoms with Crippen LogP contribution in [0.4, 0.5) is 0 Å². The summed E-state index contributed by atoms with van der Waals surface area (Å²) in [7, 11) is 0. The lowest BCUT2D eigenvalue weighted by Gasteiger charge is -2.29. The molecule has 0 aromatic heterocycles. The Labute approximate surface area is 125 Å². The van der Waals surface area contributed by atoms with Crippen molar-refractivity contribution in [1.29, 1.82) is 0 Å². The van der Waals surface area contributed by atoms with Crippen molar-refractivity contribution in [1.82, 2.24) is 5.32 Å². The lowest BCUT2D eigenvalue weighted by Crippen LogP contribution is -2.46. The topological polar surface area (TPSA) is 92.4 Å². The number of carbonyl (C=O) groups excluding carboxylic acids is 1. The number of carboxylic acid groups (broad SMARTS) is 1. The van der Waals surface area contributed by atoms with Gasteiger partial charge in [-0.2, -0.15) is 0 Å². The van der Waals surface area contributed by atoms with E-state index in [1.54, 1.807) is 0 Å². The third kappa shape index (κ3) is 2.93. The number of carboxylic acids is 1. The lowest BCUT2D eigenvalue weighted by atomic mass is 9.81. The Morgan fingerprint density at radius 1 is 1.05 bits per heavy atom. The number of carbonyl (C=O) groups is 2. The predicted molar refractivity (Wildman–Crippen MR) is 78.4 cm³/mol. The Morgan fingerprint density at radius 2 is 1.71 bits per heavy atom. The zero-order chi connectivity index (χ0) is 15.0. The summed E-state index contributed by atoms with van der Waals surface area (Å²) in [6.07, 6.45) is 6.75. The highest BCUT2D eigenvalue weighted by Gasteiger charge is 2.49. The van der Waals surface area contributed by atoms with Gasteiger partial charge >= 0.3 is 5.97 Å². The standard InChI is InChI=1S/C16H26N2O3/c17-14-12-6-5-11(7-12)13(14)15(19)18-8-9-1-3-10(4-2-9)16(20)21/h9-14H,1-8,17H2,(H,18,19)(H,20,21). The highest BCUT2D eigenvalue weighted by atomic mass is 16.4. The van der Waals surface area contributed by atoms with Crippen molar-refractivity contribution < 1.29 is 14.7 Å². The third-order valence-corrected chi connectivity index (χ3v) is 6.04. The smallest absolute Gasteiger partial charge is 0.306 e. The zero-order valence-corrected chi connectivity index (χ0v) is 12.5. The van der Waals surface area contributed by atoms with Gasteiger partial charge in [0.25, 0.3) is 0 Å². The summed E-state index contributed by atoms with van der Waals surface area (Å²) in [4.78, 5) is 23.3. The summed E-state index contributed by atoms with van der Waals surface area (Å²) in [5, 5.41) is 12.1. The van der Waals surface area contributed by atoms with Gasteiger partial charge in [0.05, 0.1) is 11.8 Å².